The van der Waals surface area contributed by atoms with Crippen LogP contribution in [-0.4, -0.2) is 47.2 Å². The predicted molar refractivity (Wildman–Crippen MR) is 131 cm³/mol. The van der Waals surface area contributed by atoms with E-state index < -0.39 is 17.6 Å². The largest absolute Gasteiger partial charge is 0.416 e. The van der Waals surface area contributed by atoms with Crippen molar-refractivity contribution in [2.75, 3.05) is 41.8 Å². The average molecular weight is 496 g/mol. The Morgan fingerprint density at radius 3 is 2.67 bits per heavy atom. The molecule has 0 atom stereocenters. The van der Waals surface area contributed by atoms with Gasteiger partial charge in [0.15, 0.2) is 5.82 Å². The van der Waals surface area contributed by atoms with Gasteiger partial charge < -0.3 is 25.3 Å². The molecule has 5 rings (SSSR count). The number of anilines is 4. The predicted octanol–water partition coefficient (Wildman–Crippen LogP) is 5.12. The minimum absolute atomic E-state index is 0.0592. The number of amides is 1. The molecule has 3 heterocycles. The number of halogens is 3. The molecule has 2 aromatic heterocycles. The molecule has 36 heavy (non-hydrogen) atoms. The number of benzene rings is 2. The van der Waals surface area contributed by atoms with E-state index in [4.69, 9.17) is 9.72 Å². The van der Waals surface area contributed by atoms with Gasteiger partial charge in [0.2, 0.25) is 5.95 Å². The number of rotatable bonds is 5. The monoisotopic (exact) mass is 496 g/mol. The van der Waals surface area contributed by atoms with Crippen LogP contribution in [0.15, 0.2) is 54.7 Å². The van der Waals surface area contributed by atoms with Crippen molar-refractivity contribution in [1.29, 1.82) is 0 Å². The van der Waals surface area contributed by atoms with E-state index in [1.54, 1.807) is 24.4 Å². The lowest BCUT2D eigenvalue weighted by Crippen LogP contribution is -2.37. The molecule has 0 aliphatic carbocycles. The maximum atomic E-state index is 13.0. The van der Waals surface area contributed by atoms with Crippen molar-refractivity contribution >= 4 is 40.1 Å². The molecule has 1 aliphatic rings. The molecule has 0 saturated carbocycles. The number of fused-ring (bicyclic) bond motifs is 1. The van der Waals surface area contributed by atoms with Crippen LogP contribution in [-0.2, 0) is 10.9 Å². The van der Waals surface area contributed by atoms with Crippen molar-refractivity contribution in [3.05, 3.63) is 71.4 Å². The standard InChI is InChI=1S/C25H23F3N6O2/c1-15-5-6-16(23(35)30-18-4-2-3-17(14-18)25(26,27)28)13-20(15)31-22-21-19(7-8-29-21)32-24(33-22)34-9-11-36-12-10-34/h2-8,13-14,29H,9-12H2,1H3,(H,30,35)(H,31,32,33). The summed E-state index contributed by atoms with van der Waals surface area (Å²) >= 11 is 0. The van der Waals surface area contributed by atoms with Crippen molar-refractivity contribution in [3.63, 3.8) is 0 Å². The third-order valence-electron chi connectivity index (χ3n) is 5.89. The number of nitrogens with one attached hydrogen (secondary N) is 3. The smallest absolute Gasteiger partial charge is 0.378 e. The number of carbonyl (C=O) groups excluding carboxylic acids is 1. The quantitative estimate of drug-likeness (QED) is 0.355. The second kappa shape index (κ2) is 9.50. The van der Waals surface area contributed by atoms with Crippen molar-refractivity contribution in [2.24, 2.45) is 0 Å². The van der Waals surface area contributed by atoms with Gasteiger partial charge >= 0.3 is 6.18 Å². The Morgan fingerprint density at radius 2 is 1.89 bits per heavy atom. The van der Waals surface area contributed by atoms with Gasteiger partial charge in [0.1, 0.15) is 5.52 Å². The summed E-state index contributed by atoms with van der Waals surface area (Å²) in [5.41, 5.74) is 2.46. The molecule has 2 aromatic carbocycles. The molecule has 0 spiro atoms. The fourth-order valence-electron chi connectivity index (χ4n) is 3.93. The molecular weight excluding hydrogens is 473 g/mol. The van der Waals surface area contributed by atoms with Gasteiger partial charge in [0.25, 0.3) is 5.91 Å². The number of H-pyrrole nitrogens is 1. The molecule has 0 unspecified atom stereocenters. The molecular formula is C25H23F3N6O2. The molecule has 3 N–H and O–H groups in total. The number of hydrogen-bond donors (Lipinski definition) is 3. The van der Waals surface area contributed by atoms with Gasteiger partial charge in [0, 0.05) is 36.2 Å². The molecule has 1 amide bonds. The van der Waals surface area contributed by atoms with Crippen LogP contribution >= 0.6 is 0 Å². The highest BCUT2D eigenvalue weighted by molar-refractivity contribution is 6.05. The van der Waals surface area contributed by atoms with E-state index >= 15 is 0 Å². The SMILES string of the molecule is Cc1ccc(C(=O)Nc2cccc(C(F)(F)F)c2)cc1Nc1nc(N2CCOCC2)nc2cc[nH]c12. The summed E-state index contributed by atoms with van der Waals surface area (Å²) in [4.78, 5) is 27.4. The molecule has 4 aromatic rings. The summed E-state index contributed by atoms with van der Waals surface area (Å²) in [6, 6.07) is 11.4. The highest BCUT2D eigenvalue weighted by Gasteiger charge is 2.30. The topological polar surface area (TPSA) is 95.2 Å². The molecule has 1 saturated heterocycles. The van der Waals surface area contributed by atoms with Crippen LogP contribution in [0.25, 0.3) is 11.0 Å². The maximum absolute atomic E-state index is 13.0. The summed E-state index contributed by atoms with van der Waals surface area (Å²) in [5, 5.41) is 5.84. The van der Waals surface area contributed by atoms with E-state index in [0.29, 0.717) is 49.3 Å². The summed E-state index contributed by atoms with van der Waals surface area (Å²) < 4.78 is 44.5. The zero-order valence-electron chi connectivity index (χ0n) is 19.3. The normalized spacial score (nSPS) is 14.2. The second-order valence-electron chi connectivity index (χ2n) is 8.40. The van der Waals surface area contributed by atoms with Crippen molar-refractivity contribution in [2.45, 2.75) is 13.1 Å². The number of hydrogen-bond acceptors (Lipinski definition) is 6. The van der Waals surface area contributed by atoms with Gasteiger partial charge in [-0.3, -0.25) is 4.79 Å². The first kappa shape index (κ1) is 23.6. The zero-order valence-corrected chi connectivity index (χ0v) is 19.3. The van der Waals surface area contributed by atoms with Gasteiger partial charge in [0.05, 0.1) is 24.3 Å². The van der Waals surface area contributed by atoms with E-state index in [9.17, 15) is 18.0 Å². The average Bonchev–Trinajstić information content (AvgIpc) is 3.35. The number of nitrogens with zero attached hydrogens (tertiary/aromatic N) is 3. The fourth-order valence-corrected chi connectivity index (χ4v) is 3.93. The van der Waals surface area contributed by atoms with Crippen LogP contribution < -0.4 is 15.5 Å². The molecule has 0 bridgehead atoms. The highest BCUT2D eigenvalue weighted by Crippen LogP contribution is 2.31. The fraction of sp³-hybridized carbons (Fsp3) is 0.240. The number of aromatic amines is 1. The van der Waals surface area contributed by atoms with Crippen LogP contribution in [0.2, 0.25) is 0 Å². The Hall–Kier alpha value is -4.12. The van der Waals surface area contributed by atoms with Gasteiger partial charge in [-0.1, -0.05) is 12.1 Å². The number of morpholine rings is 1. The van der Waals surface area contributed by atoms with Gasteiger partial charge in [-0.25, -0.2) is 4.98 Å². The third-order valence-corrected chi connectivity index (χ3v) is 5.89. The first-order valence-electron chi connectivity index (χ1n) is 11.3. The van der Waals surface area contributed by atoms with E-state index in [1.165, 1.54) is 12.1 Å². The second-order valence-corrected chi connectivity index (χ2v) is 8.40. The van der Waals surface area contributed by atoms with E-state index in [1.807, 2.05) is 17.9 Å². The van der Waals surface area contributed by atoms with E-state index in [-0.39, 0.29) is 11.3 Å². The molecule has 1 fully saturated rings. The van der Waals surface area contributed by atoms with Crippen LogP contribution in [0.5, 0.6) is 0 Å². The Balaban J connectivity index is 1.41. The summed E-state index contributed by atoms with van der Waals surface area (Å²) in [6.45, 7) is 4.44. The molecule has 186 valence electrons. The highest BCUT2D eigenvalue weighted by atomic mass is 19.4. The number of aromatic nitrogens is 3. The summed E-state index contributed by atoms with van der Waals surface area (Å²) in [6.07, 6.45) is -2.72. The van der Waals surface area contributed by atoms with Gasteiger partial charge in [-0.05, 0) is 48.9 Å². The number of ether oxygens (including phenoxy) is 1. The number of aryl methyl sites for hydroxylation is 1. The van der Waals surface area contributed by atoms with Crippen molar-refractivity contribution in [1.82, 2.24) is 15.0 Å². The summed E-state index contributed by atoms with van der Waals surface area (Å²) in [7, 11) is 0. The van der Waals surface area contributed by atoms with Crippen molar-refractivity contribution in [3.8, 4) is 0 Å². The van der Waals surface area contributed by atoms with E-state index in [0.717, 1.165) is 23.2 Å². The lowest BCUT2D eigenvalue weighted by Gasteiger charge is -2.27. The first-order chi connectivity index (χ1) is 17.3. The Morgan fingerprint density at radius 1 is 1.08 bits per heavy atom. The Bertz CT molecular complexity index is 1410. The number of alkyl halides is 3. The van der Waals surface area contributed by atoms with E-state index in [2.05, 4.69) is 20.6 Å². The molecule has 0 radical (unpaired) electrons. The molecule has 1 aliphatic heterocycles. The molecule has 8 nitrogen and oxygen atoms in total. The van der Waals surface area contributed by atoms with Crippen LogP contribution in [0, 0.1) is 6.92 Å². The lowest BCUT2D eigenvalue weighted by molar-refractivity contribution is -0.137. The zero-order chi connectivity index (χ0) is 25.3. The minimum atomic E-state index is -4.50. The summed E-state index contributed by atoms with van der Waals surface area (Å²) in [5.74, 6) is 0.591. The van der Waals surface area contributed by atoms with Gasteiger partial charge in [-0.2, -0.15) is 18.2 Å². The number of carbonyl (C=O) groups is 1. The molecule has 11 heteroatoms. The van der Waals surface area contributed by atoms with Crippen molar-refractivity contribution < 1.29 is 22.7 Å². The Kier molecular flexibility index (Phi) is 6.23. The minimum Gasteiger partial charge on any atom is -0.378 e. The van der Waals surface area contributed by atoms with Gasteiger partial charge in [-0.15, -0.1) is 0 Å². The van der Waals surface area contributed by atoms with Crippen LogP contribution in [0.4, 0.5) is 36.3 Å². The lowest BCUT2D eigenvalue weighted by atomic mass is 10.1. The van der Waals surface area contributed by atoms with Crippen LogP contribution in [0.3, 0.4) is 0 Å². The Labute approximate surface area is 204 Å². The third kappa shape index (κ3) is 4.96. The first-order valence-corrected chi connectivity index (χ1v) is 11.3. The maximum Gasteiger partial charge on any atom is 0.416 e. The van der Waals surface area contributed by atoms with Crippen LogP contribution in [0.1, 0.15) is 21.5 Å².